The summed E-state index contributed by atoms with van der Waals surface area (Å²) in [4.78, 5) is 3.99. The van der Waals surface area contributed by atoms with Crippen LogP contribution in [0.5, 0.6) is 0 Å². The van der Waals surface area contributed by atoms with Gasteiger partial charge in [-0.1, -0.05) is 59.2 Å². The summed E-state index contributed by atoms with van der Waals surface area (Å²) in [5.74, 6) is 0. The van der Waals surface area contributed by atoms with Crippen LogP contribution < -0.4 is 0 Å². The molecule has 0 aliphatic heterocycles. The molecule has 1 rings (SSSR count). The molecule has 2 heteroatoms. The topological polar surface area (TPSA) is 12.9 Å². The summed E-state index contributed by atoms with van der Waals surface area (Å²) in [5.41, 5.74) is 2.24. The molecule has 1 unspecified atom stereocenters. The SMILES string of the molecule is C=Cc1cnccc1/C=C\C.CC.CC.CP. The van der Waals surface area contributed by atoms with Gasteiger partial charge >= 0.3 is 0 Å². The maximum Gasteiger partial charge on any atom is 0.0346 e. The maximum absolute atomic E-state index is 3.99. The number of allylic oxidation sites excluding steroid dienone is 1. The Morgan fingerprint density at radius 3 is 2.06 bits per heavy atom. The highest BCUT2D eigenvalue weighted by atomic mass is 31.0. The van der Waals surface area contributed by atoms with Crippen LogP contribution in [-0.4, -0.2) is 11.6 Å². The zero-order valence-corrected chi connectivity index (χ0v) is 13.4. The fourth-order valence-corrected chi connectivity index (χ4v) is 0.919. The van der Waals surface area contributed by atoms with Crippen molar-refractivity contribution in [3.63, 3.8) is 0 Å². The Bertz CT molecular complexity index is 280. The van der Waals surface area contributed by atoms with Crippen molar-refractivity contribution in [1.29, 1.82) is 0 Å². The zero-order chi connectivity index (χ0) is 14.1. The van der Waals surface area contributed by atoms with Gasteiger partial charge in [-0.25, -0.2) is 0 Å². The number of hydrogen-bond acceptors (Lipinski definition) is 1. The molecule has 0 saturated heterocycles. The lowest BCUT2D eigenvalue weighted by Gasteiger charge is -1.96. The Labute approximate surface area is 110 Å². The maximum atomic E-state index is 3.99. The fraction of sp³-hybridized carbons (Fsp3) is 0.400. The van der Waals surface area contributed by atoms with Crippen LogP contribution in [0.1, 0.15) is 45.7 Å². The molecule has 0 aliphatic carbocycles. The average Bonchev–Trinajstić information content (AvgIpc) is 2.46. The smallest absolute Gasteiger partial charge is 0.0346 e. The van der Waals surface area contributed by atoms with E-state index in [0.717, 1.165) is 11.1 Å². The molecule has 0 bridgehead atoms. The van der Waals surface area contributed by atoms with Crippen LogP contribution in [0.3, 0.4) is 0 Å². The van der Waals surface area contributed by atoms with Crippen molar-refractivity contribution in [2.45, 2.75) is 34.6 Å². The highest BCUT2D eigenvalue weighted by molar-refractivity contribution is 7.15. The first kappa shape index (κ1) is 21.4. The summed E-state index contributed by atoms with van der Waals surface area (Å²) in [7, 11) is 2.42. The molecule has 0 aromatic carbocycles. The van der Waals surface area contributed by atoms with Gasteiger partial charge in [0.15, 0.2) is 0 Å². The predicted octanol–water partition coefficient (Wildman–Crippen LogP) is 5.30. The number of pyridine rings is 1. The lowest BCUT2D eigenvalue weighted by atomic mass is 10.1. The summed E-state index contributed by atoms with van der Waals surface area (Å²) in [6, 6.07) is 1.97. The van der Waals surface area contributed by atoms with Gasteiger partial charge in [-0.15, -0.1) is 9.24 Å². The molecule has 0 N–H and O–H groups in total. The van der Waals surface area contributed by atoms with Gasteiger partial charge in [0.05, 0.1) is 0 Å². The molecule has 1 heterocycles. The molecule has 17 heavy (non-hydrogen) atoms. The minimum absolute atomic E-state index is 1.07. The van der Waals surface area contributed by atoms with Crippen molar-refractivity contribution >= 4 is 21.4 Å². The molecule has 0 aliphatic rings. The van der Waals surface area contributed by atoms with Gasteiger partial charge < -0.3 is 0 Å². The first-order valence-corrected chi connectivity index (χ1v) is 7.31. The van der Waals surface area contributed by atoms with Gasteiger partial charge in [0.25, 0.3) is 0 Å². The quantitative estimate of drug-likeness (QED) is 0.652. The molecule has 0 radical (unpaired) electrons. The Hall–Kier alpha value is -0.940. The van der Waals surface area contributed by atoms with Gasteiger partial charge in [-0.3, -0.25) is 4.98 Å². The molecule has 0 saturated carbocycles. The second-order valence-corrected chi connectivity index (χ2v) is 2.21. The van der Waals surface area contributed by atoms with Crippen molar-refractivity contribution in [2.75, 3.05) is 6.66 Å². The van der Waals surface area contributed by atoms with E-state index in [1.165, 1.54) is 0 Å². The summed E-state index contributed by atoms with van der Waals surface area (Å²) in [5, 5.41) is 0. The van der Waals surface area contributed by atoms with E-state index in [1.807, 2.05) is 71.8 Å². The number of hydrogen-bond donors (Lipinski definition) is 0. The van der Waals surface area contributed by atoms with Crippen molar-refractivity contribution in [3.05, 3.63) is 42.2 Å². The van der Waals surface area contributed by atoms with Crippen LogP contribution >= 0.6 is 9.24 Å². The molecular weight excluding hydrogens is 225 g/mol. The van der Waals surface area contributed by atoms with E-state index in [0.29, 0.717) is 0 Å². The highest BCUT2D eigenvalue weighted by Crippen LogP contribution is 2.09. The van der Waals surface area contributed by atoms with E-state index in [9.17, 15) is 0 Å². The van der Waals surface area contributed by atoms with E-state index in [-0.39, 0.29) is 0 Å². The molecule has 0 spiro atoms. The Morgan fingerprint density at radius 2 is 1.65 bits per heavy atom. The van der Waals surface area contributed by atoms with Crippen LogP contribution in [-0.2, 0) is 0 Å². The van der Waals surface area contributed by atoms with Crippen LogP contribution in [0.4, 0.5) is 0 Å². The third-order valence-electron chi connectivity index (χ3n) is 1.45. The lowest BCUT2D eigenvalue weighted by Crippen LogP contribution is -1.80. The van der Waals surface area contributed by atoms with Gasteiger partial charge in [0.1, 0.15) is 0 Å². The number of nitrogens with zero attached hydrogens (tertiary/aromatic N) is 1. The van der Waals surface area contributed by atoms with Gasteiger partial charge in [-0.2, -0.15) is 0 Å². The van der Waals surface area contributed by atoms with Gasteiger partial charge in [0, 0.05) is 12.4 Å². The first-order valence-electron chi connectivity index (χ1n) is 6.15. The fourth-order valence-electron chi connectivity index (χ4n) is 0.919. The summed E-state index contributed by atoms with van der Waals surface area (Å²) in [6.45, 7) is 15.6. The van der Waals surface area contributed by atoms with Crippen LogP contribution in [0.2, 0.25) is 0 Å². The van der Waals surface area contributed by atoms with Gasteiger partial charge in [0.2, 0.25) is 0 Å². The van der Waals surface area contributed by atoms with E-state index in [1.54, 1.807) is 6.20 Å². The van der Waals surface area contributed by atoms with Crippen molar-refractivity contribution < 1.29 is 0 Å². The normalized spacial score (nSPS) is 7.71. The highest BCUT2D eigenvalue weighted by Gasteiger charge is 1.91. The lowest BCUT2D eigenvalue weighted by molar-refractivity contribution is 1.31. The molecular formula is C15H28NP. The summed E-state index contributed by atoms with van der Waals surface area (Å²) in [6.07, 6.45) is 9.44. The van der Waals surface area contributed by atoms with Crippen molar-refractivity contribution in [1.82, 2.24) is 4.98 Å². The Morgan fingerprint density at radius 1 is 1.12 bits per heavy atom. The summed E-state index contributed by atoms with van der Waals surface area (Å²) >= 11 is 0. The van der Waals surface area contributed by atoms with Crippen molar-refractivity contribution in [2.24, 2.45) is 0 Å². The third-order valence-corrected chi connectivity index (χ3v) is 1.45. The molecule has 0 amide bonds. The predicted molar refractivity (Wildman–Crippen MR) is 87.4 cm³/mol. The molecule has 1 aromatic rings. The second-order valence-electron chi connectivity index (χ2n) is 2.21. The standard InChI is InChI=1S/C10H11N.2C2H6.CH5P/c1-3-5-10-6-7-11-8-9(10)4-2;3*1-2/h3-8H,2H2,1H3;2*1-2H3;2H2,1H3/b5-3-;;;. The van der Waals surface area contributed by atoms with Crippen LogP contribution in [0.25, 0.3) is 12.2 Å². The third kappa shape index (κ3) is 11.3. The van der Waals surface area contributed by atoms with E-state index < -0.39 is 0 Å². The van der Waals surface area contributed by atoms with Crippen LogP contribution in [0.15, 0.2) is 31.1 Å². The largest absolute Gasteiger partial charge is 0.264 e. The minimum atomic E-state index is 1.07. The minimum Gasteiger partial charge on any atom is -0.264 e. The molecule has 1 nitrogen and oxygen atoms in total. The summed E-state index contributed by atoms with van der Waals surface area (Å²) < 4.78 is 0. The number of rotatable bonds is 2. The average molecular weight is 253 g/mol. The Balaban J connectivity index is -0.000000285. The van der Waals surface area contributed by atoms with Gasteiger partial charge in [-0.05, 0) is 24.1 Å². The van der Waals surface area contributed by atoms with Crippen LogP contribution in [0, 0.1) is 0 Å². The van der Waals surface area contributed by atoms with Crippen molar-refractivity contribution in [3.8, 4) is 0 Å². The van der Waals surface area contributed by atoms with E-state index in [4.69, 9.17) is 0 Å². The molecule has 1 aromatic heterocycles. The monoisotopic (exact) mass is 253 g/mol. The zero-order valence-electron chi connectivity index (χ0n) is 12.2. The van der Waals surface area contributed by atoms with E-state index >= 15 is 0 Å². The molecule has 1 atom stereocenters. The first-order chi connectivity index (χ1) is 8.38. The molecule has 98 valence electrons. The van der Waals surface area contributed by atoms with E-state index in [2.05, 4.69) is 20.8 Å². The number of aromatic nitrogens is 1. The molecule has 0 fully saturated rings. The second kappa shape index (κ2) is 20.5. The Kier molecular flexibility index (Phi) is 25.7.